The van der Waals surface area contributed by atoms with E-state index in [1.54, 1.807) is 61.5 Å². The van der Waals surface area contributed by atoms with Crippen molar-refractivity contribution in [1.82, 2.24) is 42.5 Å². The first-order valence-corrected chi connectivity index (χ1v) is 30.5. The number of carbonyl (C=O) groups is 11. The van der Waals surface area contributed by atoms with E-state index in [1.807, 2.05) is 20.8 Å². The second-order valence-electron chi connectivity index (χ2n) is 22.8. The van der Waals surface area contributed by atoms with Crippen molar-refractivity contribution in [3.63, 3.8) is 0 Å². The van der Waals surface area contributed by atoms with Crippen molar-refractivity contribution in [1.29, 1.82) is 0 Å². The van der Waals surface area contributed by atoms with E-state index < -0.39 is 126 Å². The number of hydrogen-bond donors (Lipinski definition) is 14. The van der Waals surface area contributed by atoms with Gasteiger partial charge in [-0.3, -0.25) is 52.7 Å². The number of nitrogens with two attached hydrogens (primary N) is 4. The highest BCUT2D eigenvalue weighted by Gasteiger charge is 2.36. The zero-order chi connectivity index (χ0) is 65.3. The Bertz CT molecular complexity index is 2560. The van der Waals surface area contributed by atoms with E-state index in [2.05, 4.69) is 42.5 Å². The number of aliphatic hydroxyl groups is 2. The smallest absolute Gasteiger partial charge is 0.243 e. The second kappa shape index (κ2) is 40.7. The summed E-state index contributed by atoms with van der Waals surface area (Å²) in [5, 5.41) is 42.2. The Hall–Kier alpha value is -6.74. The van der Waals surface area contributed by atoms with Crippen LogP contribution >= 0.6 is 11.6 Å². The van der Waals surface area contributed by atoms with Gasteiger partial charge in [-0.1, -0.05) is 94.2 Å². The van der Waals surface area contributed by atoms with E-state index >= 15 is 0 Å². The van der Waals surface area contributed by atoms with Gasteiger partial charge in [-0.05, 0) is 114 Å². The number of amides is 8. The summed E-state index contributed by atoms with van der Waals surface area (Å²) in [7, 11) is 0. The highest BCUT2D eigenvalue weighted by Crippen LogP contribution is 2.20. The fourth-order valence-electron chi connectivity index (χ4n) is 9.75. The Morgan fingerprint density at radius 2 is 1.20 bits per heavy atom. The minimum Gasteiger partial charge on any atom is -0.393 e. The van der Waals surface area contributed by atoms with Gasteiger partial charge in [0.05, 0.1) is 24.2 Å². The van der Waals surface area contributed by atoms with E-state index in [1.165, 1.54) is 20.8 Å². The maximum absolute atomic E-state index is 14.1. The summed E-state index contributed by atoms with van der Waals surface area (Å²) >= 11 is 6.11. The third kappa shape index (κ3) is 28.3. The molecule has 0 aliphatic carbocycles. The van der Waals surface area contributed by atoms with Gasteiger partial charge in [-0.25, -0.2) is 0 Å². The van der Waals surface area contributed by atoms with E-state index in [-0.39, 0.29) is 107 Å². The second-order valence-corrected chi connectivity index (χ2v) is 23.2. The molecule has 1 heterocycles. The molecule has 0 saturated carbocycles. The minimum absolute atomic E-state index is 0.00469. The lowest BCUT2D eigenvalue weighted by molar-refractivity contribution is -0.136. The fourth-order valence-corrected chi connectivity index (χ4v) is 9.95. The molecule has 3 rings (SSSR count). The Balaban J connectivity index is 0.000000721. The normalized spacial score (nSPS) is 22.2. The predicted molar refractivity (Wildman–Crippen MR) is 330 cm³/mol. The Labute approximate surface area is 516 Å². The number of hydrogen-bond acceptors (Lipinski definition) is 17. The molecule has 18 N–H and O–H groups in total. The van der Waals surface area contributed by atoms with Crippen molar-refractivity contribution < 1.29 is 63.0 Å². The number of Topliss-reactive ketones (excluding diaryl/α,β-unsaturated/α-hetero) is 3. The lowest BCUT2D eigenvalue weighted by Gasteiger charge is -2.28. The Morgan fingerprint density at radius 1 is 0.655 bits per heavy atom. The van der Waals surface area contributed by atoms with Crippen molar-refractivity contribution in [2.75, 3.05) is 32.7 Å². The summed E-state index contributed by atoms with van der Waals surface area (Å²) < 4.78 is 0. The first-order valence-electron chi connectivity index (χ1n) is 30.1. The van der Waals surface area contributed by atoms with Crippen LogP contribution in [0.1, 0.15) is 130 Å². The van der Waals surface area contributed by atoms with Gasteiger partial charge in [-0.2, -0.15) is 0 Å². The van der Waals surface area contributed by atoms with E-state index in [9.17, 15) is 63.0 Å². The van der Waals surface area contributed by atoms with Crippen LogP contribution in [0.25, 0.3) is 0 Å². The lowest BCUT2D eigenvalue weighted by Crippen LogP contribution is -2.60. The van der Waals surface area contributed by atoms with Crippen LogP contribution in [0.4, 0.5) is 0 Å². The van der Waals surface area contributed by atoms with Crippen molar-refractivity contribution >= 4 is 76.2 Å². The molecule has 26 heteroatoms. The zero-order valence-electron chi connectivity index (χ0n) is 51.5. The van der Waals surface area contributed by atoms with Gasteiger partial charge < -0.3 is 75.7 Å². The van der Waals surface area contributed by atoms with Crippen LogP contribution < -0.4 is 65.5 Å². The average Bonchev–Trinajstić information content (AvgIpc) is 3.46. The number of halogens is 1. The number of ketones is 3. The highest BCUT2D eigenvalue weighted by atomic mass is 35.5. The Morgan fingerprint density at radius 3 is 1.76 bits per heavy atom. The molecule has 25 nitrogen and oxygen atoms in total. The topological polar surface area (TPSA) is 429 Å². The molecule has 486 valence electrons. The van der Waals surface area contributed by atoms with E-state index in [4.69, 9.17) is 34.5 Å². The minimum atomic E-state index is -1.30. The van der Waals surface area contributed by atoms with Crippen molar-refractivity contribution in [2.45, 2.75) is 186 Å². The zero-order valence-corrected chi connectivity index (χ0v) is 52.3. The summed E-state index contributed by atoms with van der Waals surface area (Å²) in [5.74, 6) is -8.27. The molecule has 1 aliphatic heterocycles. The molecular weight excluding hydrogens is 1140 g/mol. The average molecular weight is 1240 g/mol. The number of nitrogens with one attached hydrogen (secondary N) is 8. The van der Waals surface area contributed by atoms with Gasteiger partial charge in [-0.15, -0.1) is 0 Å². The van der Waals surface area contributed by atoms with Crippen molar-refractivity contribution in [3.05, 3.63) is 70.7 Å². The van der Waals surface area contributed by atoms with Gasteiger partial charge in [0.25, 0.3) is 0 Å². The third-order valence-electron chi connectivity index (χ3n) is 14.5. The molecule has 87 heavy (non-hydrogen) atoms. The third-order valence-corrected chi connectivity index (χ3v) is 14.9. The quantitative estimate of drug-likeness (QED) is 0.0580. The predicted octanol–water partition coefficient (Wildman–Crippen LogP) is -0.206. The molecule has 8 amide bonds. The van der Waals surface area contributed by atoms with Gasteiger partial charge in [0, 0.05) is 56.5 Å². The lowest BCUT2D eigenvalue weighted by atomic mass is 9.92. The standard InChI is InChI=1S/C39H63N9O9.C22H34ClN3O4/c1-6-10-28-35(53)44-27(13-16-40)33(51)21-26(23(4)49)34(52)42-18-15-30(43-24(5)50)37(55)46-29(14-17-41)36(54)48-32(20-25-11-8-7-9-12-25)39(57)47-31(19-22(2)3)38(56)45-28;1-14(7-9-24)11-20(29)21(15(2)27)26-22(30)17(8-10-25)13-18(28)12-16-5-3-4-6-19(16)23/h7-9,11-12,22-23,26-32,49H,6,10,13-21,40-41H2,1-5H3,(H,42,52)(H,43,50)(H,44,53)(H,45,56)(H,46,55)(H,47,57)(H,48,54);3-6,14-15,17,21,27H,7-13,24-25H2,1-2H3,(H,26,30)/t23-,26+,27+,28+,29+,30+,31+,32-;14-,15-,17-,21+/m11/s1. The molecule has 1 aliphatic rings. The molecule has 2 aromatic rings. The molecule has 0 bridgehead atoms. The van der Waals surface area contributed by atoms with Crippen LogP contribution in [0.15, 0.2) is 54.6 Å². The fraction of sp³-hybridized carbons (Fsp3) is 0.623. The molecule has 0 spiro atoms. The molecular formula is C61H97ClN12O13. The largest absolute Gasteiger partial charge is 0.393 e. The van der Waals surface area contributed by atoms with Crippen molar-refractivity contribution in [3.8, 4) is 0 Å². The first-order chi connectivity index (χ1) is 41.2. The molecule has 2 aromatic carbocycles. The maximum Gasteiger partial charge on any atom is 0.243 e. The summed E-state index contributed by atoms with van der Waals surface area (Å²) in [5.41, 5.74) is 24.1. The van der Waals surface area contributed by atoms with E-state index in [0.29, 0.717) is 42.0 Å². The number of carbonyl (C=O) groups excluding carboxylic acids is 11. The van der Waals surface area contributed by atoms with Crippen LogP contribution in [0.3, 0.4) is 0 Å². The summed E-state index contributed by atoms with van der Waals surface area (Å²) in [4.78, 5) is 146. The van der Waals surface area contributed by atoms with Crippen molar-refractivity contribution in [2.24, 2.45) is 46.6 Å². The molecule has 0 unspecified atom stereocenters. The number of rotatable bonds is 26. The first kappa shape index (κ1) is 76.4. The van der Waals surface area contributed by atoms with Gasteiger partial charge in [0.15, 0.2) is 11.6 Å². The van der Waals surface area contributed by atoms with Crippen LogP contribution in [0.2, 0.25) is 5.02 Å². The summed E-state index contributed by atoms with van der Waals surface area (Å²) in [6.45, 7) is 11.8. The molecule has 1 fully saturated rings. The maximum atomic E-state index is 14.1. The molecule has 12 atom stereocenters. The molecule has 0 radical (unpaired) electrons. The van der Waals surface area contributed by atoms with Crippen LogP contribution in [-0.2, 0) is 65.6 Å². The van der Waals surface area contributed by atoms with E-state index in [0.717, 1.165) is 0 Å². The van der Waals surface area contributed by atoms with Gasteiger partial charge in [0.1, 0.15) is 42.0 Å². The Kier molecular flexibility index (Phi) is 35.7. The van der Waals surface area contributed by atoms with Gasteiger partial charge >= 0.3 is 0 Å². The van der Waals surface area contributed by atoms with Crippen LogP contribution in [0, 0.1) is 23.7 Å². The molecule has 0 aromatic heterocycles. The van der Waals surface area contributed by atoms with Crippen LogP contribution in [-0.4, -0.2) is 162 Å². The number of aliphatic hydroxyl groups excluding tert-OH is 2. The summed E-state index contributed by atoms with van der Waals surface area (Å²) in [6, 6.07) is 7.72. The van der Waals surface area contributed by atoms with Gasteiger partial charge in [0.2, 0.25) is 47.3 Å². The summed E-state index contributed by atoms with van der Waals surface area (Å²) in [6.07, 6.45) is -0.902. The monoisotopic (exact) mass is 1240 g/mol. The SMILES string of the molecule is CCC[C@@H]1NC(=O)[C@H](CC(C)C)NC(=O)[C@@H](Cc2ccccc2)NC(=O)[C@H](CCN)NC(=O)[C@@H](NC(C)=O)CCNC(=O)[C@H]([C@@H](C)O)CC(=O)[C@H](CCN)NC1=O.C[C@H](CCN)CC(=O)[C@@H](NC(=O)[C@H](CCN)CC(=O)Cc1ccccc1Cl)[C@@H](C)O. The highest BCUT2D eigenvalue weighted by molar-refractivity contribution is 6.31. The van der Waals surface area contributed by atoms with Crippen LogP contribution in [0.5, 0.6) is 0 Å². The number of benzene rings is 2. The molecule has 1 saturated heterocycles.